The Morgan fingerprint density at radius 3 is 2.61 bits per heavy atom. The van der Waals surface area contributed by atoms with Crippen LogP contribution in [0.2, 0.25) is 0 Å². The third-order valence-electron chi connectivity index (χ3n) is 3.74. The minimum absolute atomic E-state index is 0.169. The molecular formula is C16H21N3O4. The Bertz CT molecular complexity index is 588. The number of nitrogens with zero attached hydrogens (tertiary/aromatic N) is 1. The standard InChI is InChI=1S/C16H21N3O4/c1-11-13(21)18-16(2,3)19(11)15(22)14(17-10-20)23-9-12-7-5-4-6-8-12/h4-8,10-11,14H,9H2,1-3H3,(H,17,20)(H,18,21). The molecule has 2 rings (SSSR count). The maximum Gasteiger partial charge on any atom is 0.275 e. The Kier molecular flexibility index (Phi) is 5.00. The fourth-order valence-electron chi connectivity index (χ4n) is 2.67. The Hall–Kier alpha value is -2.41. The molecule has 1 saturated heterocycles. The number of amides is 3. The van der Waals surface area contributed by atoms with Crippen molar-refractivity contribution in [2.24, 2.45) is 0 Å². The van der Waals surface area contributed by atoms with E-state index in [1.807, 2.05) is 30.3 Å². The molecule has 1 aliphatic heterocycles. The van der Waals surface area contributed by atoms with Crippen molar-refractivity contribution in [1.82, 2.24) is 15.5 Å². The molecule has 3 amide bonds. The van der Waals surface area contributed by atoms with E-state index in [0.29, 0.717) is 6.41 Å². The highest BCUT2D eigenvalue weighted by atomic mass is 16.5. The lowest BCUT2D eigenvalue weighted by atomic mass is 10.2. The molecule has 1 aromatic rings. The molecule has 7 heteroatoms. The number of hydrogen-bond acceptors (Lipinski definition) is 4. The summed E-state index contributed by atoms with van der Waals surface area (Å²) in [4.78, 5) is 36.7. The molecule has 1 fully saturated rings. The van der Waals surface area contributed by atoms with Crippen LogP contribution in [-0.4, -0.2) is 41.1 Å². The predicted octanol–water partition coefficient (Wildman–Crippen LogP) is 0.358. The Labute approximate surface area is 135 Å². The van der Waals surface area contributed by atoms with Gasteiger partial charge in [0.2, 0.25) is 18.5 Å². The highest BCUT2D eigenvalue weighted by Gasteiger charge is 2.47. The van der Waals surface area contributed by atoms with E-state index in [2.05, 4.69) is 10.6 Å². The topological polar surface area (TPSA) is 87.7 Å². The first-order chi connectivity index (χ1) is 10.9. The van der Waals surface area contributed by atoms with Gasteiger partial charge in [-0.1, -0.05) is 30.3 Å². The maximum atomic E-state index is 12.7. The van der Waals surface area contributed by atoms with Crippen molar-refractivity contribution < 1.29 is 19.1 Å². The summed E-state index contributed by atoms with van der Waals surface area (Å²) in [5.74, 6) is -0.708. The van der Waals surface area contributed by atoms with Gasteiger partial charge in [0.25, 0.3) is 5.91 Å². The molecule has 0 bridgehead atoms. The molecule has 2 unspecified atom stereocenters. The summed E-state index contributed by atoms with van der Waals surface area (Å²) in [6.07, 6.45) is -0.738. The first kappa shape index (κ1) is 17.0. The highest BCUT2D eigenvalue weighted by molar-refractivity contribution is 5.93. The summed E-state index contributed by atoms with van der Waals surface area (Å²) in [5, 5.41) is 5.11. The van der Waals surface area contributed by atoms with Crippen molar-refractivity contribution in [2.45, 2.75) is 45.3 Å². The van der Waals surface area contributed by atoms with Gasteiger partial charge in [0.1, 0.15) is 11.7 Å². The quantitative estimate of drug-likeness (QED) is 0.585. The third kappa shape index (κ3) is 3.68. The third-order valence-corrected chi connectivity index (χ3v) is 3.74. The minimum atomic E-state index is -1.15. The van der Waals surface area contributed by atoms with Crippen LogP contribution in [0.1, 0.15) is 26.3 Å². The van der Waals surface area contributed by atoms with Crippen LogP contribution < -0.4 is 10.6 Å². The molecule has 2 atom stereocenters. The molecule has 2 N–H and O–H groups in total. The Morgan fingerprint density at radius 1 is 1.43 bits per heavy atom. The largest absolute Gasteiger partial charge is 0.345 e. The monoisotopic (exact) mass is 319 g/mol. The predicted molar refractivity (Wildman–Crippen MR) is 82.7 cm³/mol. The van der Waals surface area contributed by atoms with Gasteiger partial charge in [-0.3, -0.25) is 14.4 Å². The molecule has 1 aliphatic rings. The summed E-state index contributed by atoms with van der Waals surface area (Å²) in [6, 6.07) is 8.68. The van der Waals surface area contributed by atoms with E-state index in [0.717, 1.165) is 5.56 Å². The summed E-state index contributed by atoms with van der Waals surface area (Å²) in [6.45, 7) is 5.25. The molecule has 0 aromatic heterocycles. The van der Waals surface area contributed by atoms with E-state index in [1.54, 1.807) is 20.8 Å². The number of hydrogen-bond donors (Lipinski definition) is 2. The number of ether oxygens (including phenoxy) is 1. The molecule has 0 saturated carbocycles. The lowest BCUT2D eigenvalue weighted by Crippen LogP contribution is -2.57. The molecular weight excluding hydrogens is 298 g/mol. The average Bonchev–Trinajstić information content (AvgIpc) is 2.71. The zero-order valence-corrected chi connectivity index (χ0v) is 13.4. The van der Waals surface area contributed by atoms with E-state index < -0.39 is 23.8 Å². The van der Waals surface area contributed by atoms with Crippen LogP contribution in [-0.2, 0) is 25.7 Å². The van der Waals surface area contributed by atoms with E-state index in [9.17, 15) is 14.4 Å². The van der Waals surface area contributed by atoms with Crippen LogP contribution in [0.5, 0.6) is 0 Å². The van der Waals surface area contributed by atoms with Gasteiger partial charge in [-0.25, -0.2) is 0 Å². The minimum Gasteiger partial charge on any atom is -0.345 e. The van der Waals surface area contributed by atoms with E-state index >= 15 is 0 Å². The number of nitrogens with one attached hydrogen (secondary N) is 2. The first-order valence-electron chi connectivity index (χ1n) is 7.37. The van der Waals surface area contributed by atoms with Crippen LogP contribution in [0.25, 0.3) is 0 Å². The fraction of sp³-hybridized carbons (Fsp3) is 0.438. The maximum absolute atomic E-state index is 12.7. The Balaban J connectivity index is 2.11. The number of rotatable bonds is 6. The smallest absolute Gasteiger partial charge is 0.275 e. The Morgan fingerprint density at radius 2 is 2.09 bits per heavy atom. The summed E-state index contributed by atoms with van der Waals surface area (Å²) in [7, 11) is 0. The molecule has 7 nitrogen and oxygen atoms in total. The van der Waals surface area contributed by atoms with Gasteiger partial charge >= 0.3 is 0 Å². The summed E-state index contributed by atoms with van der Waals surface area (Å²) in [5.41, 5.74) is 0.0351. The second kappa shape index (κ2) is 6.78. The number of carbonyl (C=O) groups is 3. The molecule has 0 spiro atoms. The van der Waals surface area contributed by atoms with Crippen LogP contribution in [0.15, 0.2) is 30.3 Å². The average molecular weight is 319 g/mol. The van der Waals surface area contributed by atoms with Crippen molar-refractivity contribution in [3.63, 3.8) is 0 Å². The van der Waals surface area contributed by atoms with Gasteiger partial charge in [-0.05, 0) is 26.3 Å². The second-order valence-electron chi connectivity index (χ2n) is 5.89. The van der Waals surface area contributed by atoms with Crippen molar-refractivity contribution in [3.05, 3.63) is 35.9 Å². The highest BCUT2D eigenvalue weighted by Crippen LogP contribution is 2.23. The first-order valence-corrected chi connectivity index (χ1v) is 7.37. The summed E-state index contributed by atoms with van der Waals surface area (Å²) >= 11 is 0. The van der Waals surface area contributed by atoms with Crippen molar-refractivity contribution in [3.8, 4) is 0 Å². The van der Waals surface area contributed by atoms with E-state index in [1.165, 1.54) is 4.90 Å². The van der Waals surface area contributed by atoms with Crippen LogP contribution in [0.3, 0.4) is 0 Å². The van der Waals surface area contributed by atoms with Gasteiger partial charge < -0.3 is 20.3 Å². The lowest BCUT2D eigenvalue weighted by Gasteiger charge is -2.34. The molecule has 1 aromatic carbocycles. The number of carbonyl (C=O) groups excluding carboxylic acids is 3. The fourth-order valence-corrected chi connectivity index (χ4v) is 2.67. The van der Waals surface area contributed by atoms with Crippen LogP contribution in [0.4, 0.5) is 0 Å². The van der Waals surface area contributed by atoms with Crippen LogP contribution >= 0.6 is 0 Å². The second-order valence-corrected chi connectivity index (χ2v) is 5.89. The molecule has 0 aliphatic carbocycles. The normalized spacial score (nSPS) is 20.7. The van der Waals surface area contributed by atoms with Crippen molar-refractivity contribution in [2.75, 3.05) is 0 Å². The van der Waals surface area contributed by atoms with Crippen LogP contribution in [0, 0.1) is 0 Å². The molecule has 1 heterocycles. The van der Waals surface area contributed by atoms with Gasteiger partial charge in [0, 0.05) is 0 Å². The zero-order valence-electron chi connectivity index (χ0n) is 13.4. The van der Waals surface area contributed by atoms with E-state index in [-0.39, 0.29) is 12.5 Å². The molecule has 0 radical (unpaired) electrons. The van der Waals surface area contributed by atoms with Gasteiger partial charge in [-0.2, -0.15) is 0 Å². The SMILES string of the molecule is CC1C(=O)NC(C)(C)N1C(=O)C(NC=O)OCc1ccccc1. The summed E-state index contributed by atoms with van der Waals surface area (Å²) < 4.78 is 5.55. The van der Waals surface area contributed by atoms with Gasteiger partial charge in [0.05, 0.1) is 6.61 Å². The molecule has 23 heavy (non-hydrogen) atoms. The van der Waals surface area contributed by atoms with Crippen molar-refractivity contribution in [1.29, 1.82) is 0 Å². The number of benzene rings is 1. The van der Waals surface area contributed by atoms with Gasteiger partial charge in [0.15, 0.2) is 0 Å². The molecule has 124 valence electrons. The van der Waals surface area contributed by atoms with Gasteiger partial charge in [-0.15, -0.1) is 0 Å². The van der Waals surface area contributed by atoms with Crippen molar-refractivity contribution >= 4 is 18.2 Å². The van der Waals surface area contributed by atoms with E-state index in [4.69, 9.17) is 4.74 Å². The zero-order chi connectivity index (χ0) is 17.0. The lowest BCUT2D eigenvalue weighted by molar-refractivity contribution is -0.154.